The van der Waals surface area contributed by atoms with E-state index in [-0.39, 0.29) is 0 Å². The Balaban J connectivity index is 1.42. The van der Waals surface area contributed by atoms with Crippen molar-refractivity contribution in [2.75, 3.05) is 54.0 Å². The van der Waals surface area contributed by atoms with Crippen molar-refractivity contribution in [3.8, 4) is 0 Å². The molecule has 0 N–H and O–H groups in total. The van der Waals surface area contributed by atoms with Gasteiger partial charge in [-0.25, -0.2) is 15.0 Å². The summed E-state index contributed by atoms with van der Waals surface area (Å²) in [5.41, 5.74) is 0. The van der Waals surface area contributed by atoms with Gasteiger partial charge in [-0.05, 0) is 25.0 Å². The second-order valence-corrected chi connectivity index (χ2v) is 7.31. The molecule has 4 heterocycles. The lowest BCUT2D eigenvalue weighted by atomic mass is 10.2. The fraction of sp³-hybridized carbons (Fsp3) is 0.579. The Morgan fingerprint density at radius 2 is 1.31 bits per heavy atom. The molecule has 0 unspecified atom stereocenters. The zero-order chi connectivity index (χ0) is 17.9. The van der Waals surface area contributed by atoms with Crippen LogP contribution in [0.15, 0.2) is 24.5 Å². The van der Waals surface area contributed by atoms with Gasteiger partial charge in [-0.1, -0.05) is 13.8 Å². The molecule has 0 spiro atoms. The summed E-state index contributed by atoms with van der Waals surface area (Å²) in [6.45, 7) is 10.2. The quantitative estimate of drug-likeness (QED) is 0.836. The van der Waals surface area contributed by atoms with Gasteiger partial charge >= 0.3 is 0 Å². The lowest BCUT2D eigenvalue weighted by Crippen LogP contribution is -2.47. The van der Waals surface area contributed by atoms with Gasteiger partial charge in [0.25, 0.3) is 0 Å². The summed E-state index contributed by atoms with van der Waals surface area (Å²) in [5.74, 6) is 4.20. The molecule has 2 fully saturated rings. The lowest BCUT2D eigenvalue weighted by Gasteiger charge is -2.36. The van der Waals surface area contributed by atoms with E-state index in [1.807, 2.05) is 24.5 Å². The second kappa shape index (κ2) is 7.43. The molecular weight excluding hydrogens is 326 g/mol. The van der Waals surface area contributed by atoms with E-state index in [1.165, 1.54) is 12.8 Å². The van der Waals surface area contributed by atoms with Gasteiger partial charge in [-0.2, -0.15) is 4.98 Å². The number of hydrogen-bond acceptors (Lipinski definition) is 7. The fourth-order valence-corrected chi connectivity index (χ4v) is 3.57. The standard InChI is InChI=1S/C19H27N7/c1-15(2)18-20-7-5-16(22-18)24-11-13-25(14-12-24)17-6-8-21-19(23-17)26-9-3-4-10-26/h5-8,15H,3-4,9-14H2,1-2H3. The Kier molecular flexibility index (Phi) is 4.86. The van der Waals surface area contributed by atoms with Crippen molar-refractivity contribution in [2.24, 2.45) is 0 Å². The number of aromatic nitrogens is 4. The molecule has 0 aromatic carbocycles. The minimum atomic E-state index is 0.348. The molecule has 7 nitrogen and oxygen atoms in total. The smallest absolute Gasteiger partial charge is 0.227 e. The van der Waals surface area contributed by atoms with Crippen LogP contribution in [-0.2, 0) is 0 Å². The highest BCUT2D eigenvalue weighted by Crippen LogP contribution is 2.22. The van der Waals surface area contributed by atoms with Gasteiger partial charge in [0.2, 0.25) is 5.95 Å². The van der Waals surface area contributed by atoms with Crippen molar-refractivity contribution in [3.05, 3.63) is 30.4 Å². The van der Waals surface area contributed by atoms with Crippen LogP contribution in [0.4, 0.5) is 17.6 Å². The monoisotopic (exact) mass is 353 g/mol. The van der Waals surface area contributed by atoms with E-state index >= 15 is 0 Å². The molecule has 0 bridgehead atoms. The Labute approximate surface area is 155 Å². The molecule has 7 heteroatoms. The molecular formula is C19H27N7. The highest BCUT2D eigenvalue weighted by molar-refractivity contribution is 5.47. The van der Waals surface area contributed by atoms with E-state index < -0.39 is 0 Å². The molecule has 2 aliphatic heterocycles. The number of piperazine rings is 1. The summed E-state index contributed by atoms with van der Waals surface area (Å²) < 4.78 is 0. The molecule has 0 radical (unpaired) electrons. The van der Waals surface area contributed by atoms with E-state index in [0.717, 1.165) is 62.7 Å². The van der Waals surface area contributed by atoms with Crippen molar-refractivity contribution >= 4 is 17.6 Å². The van der Waals surface area contributed by atoms with Gasteiger partial charge in [-0.15, -0.1) is 0 Å². The van der Waals surface area contributed by atoms with Crippen LogP contribution >= 0.6 is 0 Å². The summed E-state index contributed by atoms with van der Waals surface area (Å²) in [5, 5.41) is 0. The largest absolute Gasteiger partial charge is 0.353 e. The number of nitrogens with zero attached hydrogens (tertiary/aromatic N) is 7. The molecule has 0 amide bonds. The third kappa shape index (κ3) is 3.57. The van der Waals surface area contributed by atoms with Gasteiger partial charge < -0.3 is 14.7 Å². The third-order valence-electron chi connectivity index (χ3n) is 5.12. The minimum Gasteiger partial charge on any atom is -0.353 e. The minimum absolute atomic E-state index is 0.348. The van der Waals surface area contributed by atoms with Crippen molar-refractivity contribution < 1.29 is 0 Å². The molecule has 2 saturated heterocycles. The third-order valence-corrected chi connectivity index (χ3v) is 5.12. The first kappa shape index (κ1) is 17.0. The predicted molar refractivity (Wildman–Crippen MR) is 104 cm³/mol. The van der Waals surface area contributed by atoms with Gasteiger partial charge in [-0.3, -0.25) is 0 Å². The Bertz CT molecular complexity index is 734. The first-order valence-corrected chi connectivity index (χ1v) is 9.61. The molecule has 4 rings (SSSR count). The number of hydrogen-bond donors (Lipinski definition) is 0. The highest BCUT2D eigenvalue weighted by atomic mass is 15.3. The van der Waals surface area contributed by atoms with Gasteiger partial charge in [0.15, 0.2) is 0 Å². The van der Waals surface area contributed by atoms with E-state index in [4.69, 9.17) is 9.97 Å². The maximum atomic E-state index is 4.81. The van der Waals surface area contributed by atoms with Crippen molar-refractivity contribution in [2.45, 2.75) is 32.6 Å². The van der Waals surface area contributed by atoms with Crippen LogP contribution in [0.1, 0.15) is 38.4 Å². The fourth-order valence-electron chi connectivity index (χ4n) is 3.57. The number of rotatable bonds is 4. The van der Waals surface area contributed by atoms with Crippen LogP contribution in [-0.4, -0.2) is 59.2 Å². The van der Waals surface area contributed by atoms with Crippen molar-refractivity contribution in [3.63, 3.8) is 0 Å². The second-order valence-electron chi connectivity index (χ2n) is 7.31. The predicted octanol–water partition coefficient (Wildman–Crippen LogP) is 2.32. The molecule has 2 aliphatic rings. The van der Waals surface area contributed by atoms with E-state index in [2.05, 4.69) is 38.5 Å². The highest BCUT2D eigenvalue weighted by Gasteiger charge is 2.21. The van der Waals surface area contributed by atoms with Gasteiger partial charge in [0.05, 0.1) is 0 Å². The summed E-state index contributed by atoms with van der Waals surface area (Å²) in [6.07, 6.45) is 6.24. The average Bonchev–Trinajstić information content (AvgIpc) is 3.23. The van der Waals surface area contributed by atoms with Gasteiger partial charge in [0.1, 0.15) is 17.5 Å². The van der Waals surface area contributed by atoms with Crippen LogP contribution in [0.2, 0.25) is 0 Å². The summed E-state index contributed by atoms with van der Waals surface area (Å²) in [7, 11) is 0. The van der Waals surface area contributed by atoms with Crippen molar-refractivity contribution in [1.82, 2.24) is 19.9 Å². The number of anilines is 3. The van der Waals surface area contributed by atoms with E-state index in [0.29, 0.717) is 5.92 Å². The molecule has 2 aromatic heterocycles. The molecule has 0 aliphatic carbocycles. The summed E-state index contributed by atoms with van der Waals surface area (Å²) in [4.78, 5) is 25.3. The zero-order valence-electron chi connectivity index (χ0n) is 15.7. The van der Waals surface area contributed by atoms with Crippen LogP contribution in [0, 0.1) is 0 Å². The van der Waals surface area contributed by atoms with E-state index in [1.54, 1.807) is 0 Å². The average molecular weight is 353 g/mol. The molecule has 26 heavy (non-hydrogen) atoms. The summed E-state index contributed by atoms with van der Waals surface area (Å²) >= 11 is 0. The maximum absolute atomic E-state index is 4.81. The Morgan fingerprint density at radius 3 is 1.92 bits per heavy atom. The van der Waals surface area contributed by atoms with Crippen LogP contribution < -0.4 is 14.7 Å². The lowest BCUT2D eigenvalue weighted by molar-refractivity contribution is 0.635. The molecule has 0 atom stereocenters. The molecule has 2 aromatic rings. The first-order chi connectivity index (χ1) is 12.7. The first-order valence-electron chi connectivity index (χ1n) is 9.61. The molecule has 138 valence electrons. The van der Waals surface area contributed by atoms with Crippen molar-refractivity contribution in [1.29, 1.82) is 0 Å². The summed E-state index contributed by atoms with van der Waals surface area (Å²) in [6, 6.07) is 4.04. The van der Waals surface area contributed by atoms with E-state index in [9.17, 15) is 0 Å². The van der Waals surface area contributed by atoms with Crippen LogP contribution in [0.25, 0.3) is 0 Å². The van der Waals surface area contributed by atoms with Gasteiger partial charge in [0, 0.05) is 57.6 Å². The Hall–Kier alpha value is -2.44. The zero-order valence-corrected chi connectivity index (χ0v) is 15.7. The Morgan fingerprint density at radius 1 is 0.731 bits per heavy atom. The topological polar surface area (TPSA) is 61.3 Å². The van der Waals surface area contributed by atoms with Crippen LogP contribution in [0.3, 0.4) is 0 Å². The SMILES string of the molecule is CC(C)c1nccc(N2CCN(c3ccnc(N4CCCC4)n3)CC2)n1. The van der Waals surface area contributed by atoms with Crippen LogP contribution in [0.5, 0.6) is 0 Å². The normalized spacial score (nSPS) is 18.0. The molecule has 0 saturated carbocycles. The maximum Gasteiger partial charge on any atom is 0.227 e.